The Morgan fingerprint density at radius 1 is 1.35 bits per heavy atom. The second kappa shape index (κ2) is 8.39. The van der Waals surface area contributed by atoms with E-state index >= 15 is 0 Å². The molecular weight excluding hydrogens is 320 g/mol. The number of hydrogen-bond acceptors (Lipinski definition) is 3. The van der Waals surface area contributed by atoms with Crippen LogP contribution in [0.25, 0.3) is 0 Å². The van der Waals surface area contributed by atoms with Gasteiger partial charge in [-0.25, -0.2) is 0 Å². The molecule has 20 heavy (non-hydrogen) atoms. The Kier molecular flexibility index (Phi) is 7.19. The summed E-state index contributed by atoms with van der Waals surface area (Å²) in [5.41, 5.74) is 0.997. The molecule has 1 N–H and O–H groups in total. The van der Waals surface area contributed by atoms with Crippen LogP contribution in [-0.2, 0) is 4.79 Å². The highest BCUT2D eigenvalue weighted by Crippen LogP contribution is 2.22. The molecule has 1 amide bonds. The molecule has 0 aromatic heterocycles. The first-order valence-electron chi connectivity index (χ1n) is 6.87. The van der Waals surface area contributed by atoms with Gasteiger partial charge in [0, 0.05) is 17.6 Å². The molecule has 0 saturated carbocycles. The van der Waals surface area contributed by atoms with Crippen molar-refractivity contribution in [1.29, 1.82) is 0 Å². The molecule has 0 spiro atoms. The molecule has 0 fully saturated rings. The number of hydrogen-bond donors (Lipinski definition) is 1. The van der Waals surface area contributed by atoms with Gasteiger partial charge in [0.1, 0.15) is 0 Å². The van der Waals surface area contributed by atoms with E-state index in [0.717, 1.165) is 10.0 Å². The highest BCUT2D eigenvalue weighted by Gasteiger charge is 2.20. The molecule has 4 nitrogen and oxygen atoms in total. The Morgan fingerprint density at radius 3 is 2.50 bits per heavy atom. The summed E-state index contributed by atoms with van der Waals surface area (Å²) < 4.78 is 0.969. The topological polar surface area (TPSA) is 43.8 Å². The van der Waals surface area contributed by atoms with Crippen molar-refractivity contribution in [3.63, 3.8) is 0 Å². The van der Waals surface area contributed by atoms with Gasteiger partial charge < -0.3 is 10.0 Å². The maximum atomic E-state index is 12.1. The van der Waals surface area contributed by atoms with Crippen molar-refractivity contribution < 1.29 is 9.90 Å². The number of likely N-dealkylation sites (N-methyl/N-ethyl adjacent to an activating group) is 2. The van der Waals surface area contributed by atoms with E-state index in [2.05, 4.69) is 15.9 Å². The SMILES string of the molecule is CCN(CC)C(=O)CN(C)C(CO)c1cccc(Br)c1. The van der Waals surface area contributed by atoms with Gasteiger partial charge in [0.15, 0.2) is 0 Å². The summed E-state index contributed by atoms with van der Waals surface area (Å²) in [6.07, 6.45) is 0. The van der Waals surface area contributed by atoms with Gasteiger partial charge in [-0.05, 0) is 38.6 Å². The van der Waals surface area contributed by atoms with Gasteiger partial charge in [-0.1, -0.05) is 28.1 Å². The van der Waals surface area contributed by atoms with Crippen LogP contribution in [0.3, 0.4) is 0 Å². The highest BCUT2D eigenvalue weighted by atomic mass is 79.9. The zero-order chi connectivity index (χ0) is 15.1. The van der Waals surface area contributed by atoms with Crippen LogP contribution in [0.5, 0.6) is 0 Å². The number of benzene rings is 1. The van der Waals surface area contributed by atoms with E-state index in [1.54, 1.807) is 4.90 Å². The molecule has 0 radical (unpaired) electrons. The summed E-state index contributed by atoms with van der Waals surface area (Å²) >= 11 is 3.43. The number of amides is 1. The smallest absolute Gasteiger partial charge is 0.236 e. The van der Waals surface area contributed by atoms with Gasteiger partial charge >= 0.3 is 0 Å². The van der Waals surface area contributed by atoms with Crippen molar-refractivity contribution in [3.05, 3.63) is 34.3 Å². The lowest BCUT2D eigenvalue weighted by molar-refractivity contribution is -0.132. The minimum absolute atomic E-state index is 0.0154. The molecule has 0 aliphatic carbocycles. The first-order chi connectivity index (χ1) is 9.53. The molecule has 0 aliphatic heterocycles. The second-order valence-electron chi connectivity index (χ2n) is 4.73. The fourth-order valence-corrected chi connectivity index (χ4v) is 2.63. The lowest BCUT2D eigenvalue weighted by Crippen LogP contribution is -2.40. The van der Waals surface area contributed by atoms with E-state index in [0.29, 0.717) is 19.6 Å². The van der Waals surface area contributed by atoms with Gasteiger partial charge in [0.2, 0.25) is 5.91 Å². The van der Waals surface area contributed by atoms with Crippen LogP contribution in [0.1, 0.15) is 25.5 Å². The molecular formula is C15H23BrN2O2. The second-order valence-corrected chi connectivity index (χ2v) is 5.65. The zero-order valence-electron chi connectivity index (χ0n) is 12.3. The number of aliphatic hydroxyl groups excluding tert-OH is 1. The molecule has 112 valence electrons. The van der Waals surface area contributed by atoms with Crippen molar-refractivity contribution >= 4 is 21.8 Å². The lowest BCUT2D eigenvalue weighted by Gasteiger charge is -2.29. The molecule has 1 atom stereocenters. The Bertz CT molecular complexity index is 436. The maximum absolute atomic E-state index is 12.1. The van der Waals surface area contributed by atoms with Gasteiger partial charge in [-0.15, -0.1) is 0 Å². The zero-order valence-corrected chi connectivity index (χ0v) is 13.9. The molecule has 0 bridgehead atoms. The number of aliphatic hydroxyl groups is 1. The average Bonchev–Trinajstić information content (AvgIpc) is 2.41. The van der Waals surface area contributed by atoms with Crippen molar-refractivity contribution in [2.45, 2.75) is 19.9 Å². The fourth-order valence-electron chi connectivity index (χ4n) is 2.21. The molecule has 5 heteroatoms. The summed E-state index contributed by atoms with van der Waals surface area (Å²) in [5.74, 6) is 0.0888. The van der Waals surface area contributed by atoms with E-state index in [4.69, 9.17) is 0 Å². The summed E-state index contributed by atoms with van der Waals surface area (Å²) in [6.45, 7) is 5.66. The summed E-state index contributed by atoms with van der Waals surface area (Å²) in [6, 6.07) is 7.64. The van der Waals surface area contributed by atoms with Gasteiger partial charge in [0.05, 0.1) is 19.2 Å². The van der Waals surface area contributed by atoms with Crippen LogP contribution in [0.15, 0.2) is 28.7 Å². The Morgan fingerprint density at radius 2 is 2.00 bits per heavy atom. The molecule has 1 unspecified atom stereocenters. The van der Waals surface area contributed by atoms with Crippen molar-refractivity contribution in [2.75, 3.05) is 33.3 Å². The molecule has 1 rings (SSSR count). The molecule has 1 aromatic carbocycles. The van der Waals surface area contributed by atoms with E-state index in [9.17, 15) is 9.90 Å². The largest absolute Gasteiger partial charge is 0.394 e. The van der Waals surface area contributed by atoms with E-state index in [1.165, 1.54) is 0 Å². The fraction of sp³-hybridized carbons (Fsp3) is 0.533. The lowest BCUT2D eigenvalue weighted by atomic mass is 10.1. The molecule has 0 aliphatic rings. The van der Waals surface area contributed by atoms with Crippen molar-refractivity contribution in [1.82, 2.24) is 9.80 Å². The molecule has 1 aromatic rings. The number of rotatable bonds is 7. The van der Waals surface area contributed by atoms with Crippen LogP contribution in [-0.4, -0.2) is 54.1 Å². The van der Waals surface area contributed by atoms with Gasteiger partial charge in [0.25, 0.3) is 0 Å². The quantitative estimate of drug-likeness (QED) is 0.826. The van der Waals surface area contributed by atoms with E-state index in [1.807, 2.05) is 50.1 Å². The summed E-state index contributed by atoms with van der Waals surface area (Å²) in [4.78, 5) is 15.8. The average molecular weight is 343 g/mol. The predicted molar refractivity (Wildman–Crippen MR) is 84.5 cm³/mol. The first kappa shape index (κ1) is 17.1. The third-order valence-corrected chi connectivity index (χ3v) is 3.93. The van der Waals surface area contributed by atoms with Crippen molar-refractivity contribution in [3.8, 4) is 0 Å². The highest BCUT2D eigenvalue weighted by molar-refractivity contribution is 9.10. The minimum atomic E-state index is -0.174. The van der Waals surface area contributed by atoms with Gasteiger partial charge in [-0.3, -0.25) is 9.69 Å². The number of nitrogens with zero attached hydrogens (tertiary/aromatic N) is 2. The first-order valence-corrected chi connectivity index (χ1v) is 7.67. The standard InChI is InChI=1S/C15H23BrN2O2/c1-4-18(5-2)15(20)10-17(3)14(11-19)12-7-6-8-13(16)9-12/h6-9,14,19H,4-5,10-11H2,1-3H3. The third kappa shape index (κ3) is 4.58. The summed E-state index contributed by atoms with van der Waals surface area (Å²) in [7, 11) is 1.86. The summed E-state index contributed by atoms with van der Waals surface area (Å²) in [5, 5.41) is 9.62. The van der Waals surface area contributed by atoms with Crippen molar-refractivity contribution in [2.24, 2.45) is 0 Å². The van der Waals surface area contributed by atoms with E-state index < -0.39 is 0 Å². The Hall–Kier alpha value is -0.910. The van der Waals surface area contributed by atoms with Crippen LogP contribution in [0.2, 0.25) is 0 Å². The van der Waals surface area contributed by atoms with Crippen LogP contribution in [0.4, 0.5) is 0 Å². The Balaban J connectivity index is 2.77. The number of carbonyl (C=O) groups excluding carboxylic acids is 1. The third-order valence-electron chi connectivity index (χ3n) is 3.44. The predicted octanol–water partition coefficient (Wildman–Crippen LogP) is 2.28. The minimum Gasteiger partial charge on any atom is -0.394 e. The Labute approximate surface area is 129 Å². The normalized spacial score (nSPS) is 12.5. The van der Waals surface area contributed by atoms with Gasteiger partial charge in [-0.2, -0.15) is 0 Å². The van der Waals surface area contributed by atoms with E-state index in [-0.39, 0.29) is 18.6 Å². The number of halogens is 1. The van der Waals surface area contributed by atoms with Crippen LogP contribution < -0.4 is 0 Å². The maximum Gasteiger partial charge on any atom is 0.236 e. The monoisotopic (exact) mass is 342 g/mol. The van der Waals surface area contributed by atoms with Crippen LogP contribution >= 0.6 is 15.9 Å². The molecule has 0 saturated heterocycles. The molecule has 0 heterocycles. The van der Waals surface area contributed by atoms with Crippen LogP contribution in [0, 0.1) is 0 Å². The number of carbonyl (C=O) groups is 1.